The molecule has 0 unspecified atom stereocenters. The molecule has 0 aliphatic carbocycles. The lowest BCUT2D eigenvalue weighted by atomic mass is 10.1. The van der Waals surface area contributed by atoms with Gasteiger partial charge in [-0.25, -0.2) is 9.97 Å². The molecule has 0 saturated heterocycles. The SMILES string of the molecule is C/C=C(\C)c1ccc2cnc(NC)cc2n1. The van der Waals surface area contributed by atoms with Gasteiger partial charge in [0.1, 0.15) is 5.82 Å². The van der Waals surface area contributed by atoms with Crippen molar-refractivity contribution in [3.05, 3.63) is 36.2 Å². The van der Waals surface area contributed by atoms with Crippen molar-refractivity contribution in [2.45, 2.75) is 13.8 Å². The number of anilines is 1. The van der Waals surface area contributed by atoms with Gasteiger partial charge in [-0.2, -0.15) is 0 Å². The number of allylic oxidation sites excluding steroid dienone is 2. The van der Waals surface area contributed by atoms with Crippen molar-refractivity contribution in [1.29, 1.82) is 0 Å². The average Bonchev–Trinajstić information content (AvgIpc) is 2.36. The van der Waals surface area contributed by atoms with Gasteiger partial charge in [-0.05, 0) is 31.6 Å². The van der Waals surface area contributed by atoms with Gasteiger partial charge in [-0.15, -0.1) is 0 Å². The van der Waals surface area contributed by atoms with Crippen molar-refractivity contribution in [2.24, 2.45) is 0 Å². The molecule has 0 aliphatic heterocycles. The van der Waals surface area contributed by atoms with Crippen LogP contribution in [0.5, 0.6) is 0 Å². The summed E-state index contributed by atoms with van der Waals surface area (Å²) in [6, 6.07) is 6.04. The molecule has 0 radical (unpaired) electrons. The number of aromatic nitrogens is 2. The van der Waals surface area contributed by atoms with Crippen LogP contribution in [-0.4, -0.2) is 17.0 Å². The Balaban J connectivity index is 2.59. The average molecular weight is 213 g/mol. The fraction of sp³-hybridized carbons (Fsp3) is 0.231. The molecule has 3 heteroatoms. The zero-order valence-electron chi connectivity index (χ0n) is 9.78. The van der Waals surface area contributed by atoms with Crippen LogP contribution in [0.2, 0.25) is 0 Å². The summed E-state index contributed by atoms with van der Waals surface area (Å²) in [5, 5.41) is 4.08. The molecule has 16 heavy (non-hydrogen) atoms. The standard InChI is InChI=1S/C13H15N3/c1-4-9(2)11-6-5-10-8-15-13(14-3)7-12(10)16-11/h4-8H,1-3H3,(H,14,15)/b9-4+. The van der Waals surface area contributed by atoms with Gasteiger partial charge in [-0.3, -0.25) is 0 Å². The third-order valence-electron chi connectivity index (χ3n) is 2.67. The number of nitrogens with one attached hydrogen (secondary N) is 1. The molecule has 0 amide bonds. The van der Waals surface area contributed by atoms with E-state index < -0.39 is 0 Å². The fourth-order valence-corrected chi connectivity index (χ4v) is 1.52. The number of fused-ring (bicyclic) bond motifs is 1. The summed E-state index contributed by atoms with van der Waals surface area (Å²) < 4.78 is 0. The first-order chi connectivity index (χ1) is 7.74. The van der Waals surface area contributed by atoms with E-state index in [1.54, 1.807) is 0 Å². The van der Waals surface area contributed by atoms with E-state index in [1.165, 1.54) is 5.57 Å². The lowest BCUT2D eigenvalue weighted by Crippen LogP contribution is -1.93. The third-order valence-corrected chi connectivity index (χ3v) is 2.67. The summed E-state index contributed by atoms with van der Waals surface area (Å²) in [6.07, 6.45) is 3.90. The van der Waals surface area contributed by atoms with Crippen LogP contribution in [0, 0.1) is 0 Å². The summed E-state index contributed by atoms with van der Waals surface area (Å²) >= 11 is 0. The molecular weight excluding hydrogens is 198 g/mol. The van der Waals surface area contributed by atoms with E-state index in [0.29, 0.717) is 0 Å². The summed E-state index contributed by atoms with van der Waals surface area (Å²) in [7, 11) is 1.86. The van der Waals surface area contributed by atoms with E-state index in [9.17, 15) is 0 Å². The number of hydrogen-bond acceptors (Lipinski definition) is 3. The van der Waals surface area contributed by atoms with E-state index in [2.05, 4.69) is 34.4 Å². The fourth-order valence-electron chi connectivity index (χ4n) is 1.52. The summed E-state index contributed by atoms with van der Waals surface area (Å²) in [4.78, 5) is 8.86. The first kappa shape index (κ1) is 10.6. The van der Waals surface area contributed by atoms with Gasteiger partial charge in [-0.1, -0.05) is 6.08 Å². The normalized spacial score (nSPS) is 11.8. The van der Waals surface area contributed by atoms with E-state index in [1.807, 2.05) is 32.3 Å². The van der Waals surface area contributed by atoms with Crippen LogP contribution in [-0.2, 0) is 0 Å². The Hall–Kier alpha value is -1.90. The highest BCUT2D eigenvalue weighted by atomic mass is 15.0. The summed E-state index contributed by atoms with van der Waals surface area (Å²) in [5.74, 6) is 0.843. The Morgan fingerprint density at radius 3 is 2.88 bits per heavy atom. The minimum Gasteiger partial charge on any atom is -0.373 e. The molecule has 0 aromatic carbocycles. The van der Waals surface area contributed by atoms with Crippen molar-refractivity contribution >= 4 is 22.3 Å². The van der Waals surface area contributed by atoms with Gasteiger partial charge in [0.15, 0.2) is 0 Å². The van der Waals surface area contributed by atoms with Crippen molar-refractivity contribution in [1.82, 2.24) is 9.97 Å². The molecule has 2 heterocycles. The van der Waals surface area contributed by atoms with Gasteiger partial charge in [0, 0.05) is 24.7 Å². The van der Waals surface area contributed by atoms with E-state index >= 15 is 0 Å². The Bertz CT molecular complexity index is 544. The van der Waals surface area contributed by atoms with Crippen LogP contribution in [0.1, 0.15) is 19.5 Å². The Labute approximate surface area is 95.2 Å². The van der Waals surface area contributed by atoms with Crippen LogP contribution in [0.25, 0.3) is 16.5 Å². The first-order valence-corrected chi connectivity index (χ1v) is 5.32. The molecule has 1 N–H and O–H groups in total. The third kappa shape index (κ3) is 1.89. The molecular formula is C13H15N3. The molecule has 82 valence electrons. The number of pyridine rings is 2. The summed E-state index contributed by atoms with van der Waals surface area (Å²) in [5.41, 5.74) is 3.17. The van der Waals surface area contributed by atoms with Gasteiger partial charge in [0.05, 0.1) is 11.2 Å². The zero-order chi connectivity index (χ0) is 11.5. The second-order valence-corrected chi connectivity index (χ2v) is 3.68. The maximum Gasteiger partial charge on any atom is 0.127 e. The second-order valence-electron chi connectivity index (χ2n) is 3.68. The van der Waals surface area contributed by atoms with Crippen LogP contribution in [0.3, 0.4) is 0 Å². The monoisotopic (exact) mass is 213 g/mol. The molecule has 2 rings (SSSR count). The van der Waals surface area contributed by atoms with Crippen LogP contribution >= 0.6 is 0 Å². The Morgan fingerprint density at radius 1 is 1.38 bits per heavy atom. The highest BCUT2D eigenvalue weighted by Gasteiger charge is 2.01. The van der Waals surface area contributed by atoms with E-state index in [4.69, 9.17) is 0 Å². The highest BCUT2D eigenvalue weighted by Crippen LogP contribution is 2.18. The zero-order valence-corrected chi connectivity index (χ0v) is 9.78. The largest absolute Gasteiger partial charge is 0.373 e. The van der Waals surface area contributed by atoms with Crippen molar-refractivity contribution in [2.75, 3.05) is 12.4 Å². The van der Waals surface area contributed by atoms with E-state index in [-0.39, 0.29) is 0 Å². The predicted octanol–water partition coefficient (Wildman–Crippen LogP) is 3.09. The maximum absolute atomic E-state index is 4.61. The van der Waals surface area contributed by atoms with Crippen molar-refractivity contribution < 1.29 is 0 Å². The lowest BCUT2D eigenvalue weighted by Gasteiger charge is -2.04. The molecule has 2 aromatic rings. The molecule has 0 saturated carbocycles. The molecule has 0 spiro atoms. The number of hydrogen-bond donors (Lipinski definition) is 1. The van der Waals surface area contributed by atoms with Gasteiger partial charge >= 0.3 is 0 Å². The topological polar surface area (TPSA) is 37.8 Å². The molecule has 3 nitrogen and oxygen atoms in total. The molecule has 0 atom stereocenters. The van der Waals surface area contributed by atoms with E-state index in [0.717, 1.165) is 22.4 Å². The van der Waals surface area contributed by atoms with Crippen LogP contribution in [0.4, 0.5) is 5.82 Å². The minimum absolute atomic E-state index is 0.843. The maximum atomic E-state index is 4.61. The van der Waals surface area contributed by atoms with Crippen molar-refractivity contribution in [3.63, 3.8) is 0 Å². The number of rotatable bonds is 2. The molecule has 0 bridgehead atoms. The molecule has 0 aliphatic rings. The predicted molar refractivity (Wildman–Crippen MR) is 68.4 cm³/mol. The second kappa shape index (κ2) is 4.31. The Kier molecular flexibility index (Phi) is 2.86. The lowest BCUT2D eigenvalue weighted by molar-refractivity contribution is 1.27. The smallest absolute Gasteiger partial charge is 0.127 e. The number of nitrogens with zero attached hydrogens (tertiary/aromatic N) is 2. The molecule has 2 aromatic heterocycles. The highest BCUT2D eigenvalue weighted by molar-refractivity contribution is 5.82. The van der Waals surface area contributed by atoms with Crippen LogP contribution in [0.15, 0.2) is 30.5 Å². The van der Waals surface area contributed by atoms with Gasteiger partial charge in [0.2, 0.25) is 0 Å². The van der Waals surface area contributed by atoms with Crippen molar-refractivity contribution in [3.8, 4) is 0 Å². The quantitative estimate of drug-likeness (QED) is 0.833. The molecule has 0 fully saturated rings. The minimum atomic E-state index is 0.843. The first-order valence-electron chi connectivity index (χ1n) is 5.32. The van der Waals surface area contributed by atoms with Gasteiger partial charge < -0.3 is 5.32 Å². The van der Waals surface area contributed by atoms with Crippen LogP contribution < -0.4 is 5.32 Å². The summed E-state index contributed by atoms with van der Waals surface area (Å²) in [6.45, 7) is 4.08. The van der Waals surface area contributed by atoms with Gasteiger partial charge in [0.25, 0.3) is 0 Å². The Morgan fingerprint density at radius 2 is 2.19 bits per heavy atom.